The van der Waals surface area contributed by atoms with Crippen molar-refractivity contribution in [3.05, 3.63) is 46.9 Å². The molecule has 1 atom stereocenters. The molecule has 0 aliphatic carbocycles. The largest absolute Gasteiger partial charge is 0.494 e. The summed E-state index contributed by atoms with van der Waals surface area (Å²) in [7, 11) is 1.40. The second kappa shape index (κ2) is 6.74. The molecule has 1 aromatic heterocycles. The van der Waals surface area contributed by atoms with Gasteiger partial charge in [-0.05, 0) is 30.3 Å². The summed E-state index contributed by atoms with van der Waals surface area (Å²) in [5.74, 6) is -0.293. The zero-order valence-corrected chi connectivity index (χ0v) is 12.9. The van der Waals surface area contributed by atoms with Crippen molar-refractivity contribution in [3.8, 4) is 17.0 Å². The van der Waals surface area contributed by atoms with Crippen LogP contribution in [0.3, 0.4) is 0 Å². The minimum atomic E-state index is -2.90. The van der Waals surface area contributed by atoms with Crippen LogP contribution < -0.4 is 16.2 Å². The van der Waals surface area contributed by atoms with Crippen LogP contribution in [0.2, 0.25) is 5.02 Å². The molecule has 4 N–H and O–H groups in total. The topological polar surface area (TPSA) is 74.2 Å². The van der Waals surface area contributed by atoms with Crippen molar-refractivity contribution in [1.82, 2.24) is 4.98 Å². The van der Waals surface area contributed by atoms with Crippen molar-refractivity contribution in [2.24, 2.45) is 11.5 Å². The van der Waals surface area contributed by atoms with Crippen LogP contribution in [-0.2, 0) is 5.54 Å². The molecule has 8 heteroatoms. The fourth-order valence-corrected chi connectivity index (χ4v) is 2.21. The van der Waals surface area contributed by atoms with Crippen LogP contribution in [0.15, 0.2) is 30.3 Å². The van der Waals surface area contributed by atoms with Gasteiger partial charge in [-0.25, -0.2) is 18.2 Å². The van der Waals surface area contributed by atoms with Crippen molar-refractivity contribution in [1.29, 1.82) is 0 Å². The van der Waals surface area contributed by atoms with E-state index in [4.69, 9.17) is 27.8 Å². The number of hydrogen-bond donors (Lipinski definition) is 2. The number of methoxy groups -OCH3 is 1. The lowest BCUT2D eigenvalue weighted by Crippen LogP contribution is -2.50. The van der Waals surface area contributed by atoms with Crippen LogP contribution >= 0.6 is 11.6 Å². The van der Waals surface area contributed by atoms with Crippen molar-refractivity contribution < 1.29 is 17.9 Å². The number of alkyl halides is 2. The fourth-order valence-electron chi connectivity index (χ4n) is 2.03. The normalized spacial score (nSPS) is 13.9. The predicted octanol–water partition coefficient (Wildman–Crippen LogP) is 2.93. The van der Waals surface area contributed by atoms with Gasteiger partial charge < -0.3 is 16.2 Å². The van der Waals surface area contributed by atoms with Gasteiger partial charge in [-0.2, -0.15) is 0 Å². The highest BCUT2D eigenvalue weighted by atomic mass is 35.5. The van der Waals surface area contributed by atoms with Crippen LogP contribution in [-0.4, -0.2) is 25.1 Å². The summed E-state index contributed by atoms with van der Waals surface area (Å²) in [6.45, 7) is -0.492. The summed E-state index contributed by atoms with van der Waals surface area (Å²) < 4.78 is 45.0. The summed E-state index contributed by atoms with van der Waals surface area (Å²) in [4.78, 5) is 4.16. The molecule has 0 radical (unpaired) electrons. The number of nitrogens with two attached hydrogens (primary N) is 2. The zero-order chi connectivity index (χ0) is 17.2. The number of benzene rings is 1. The van der Waals surface area contributed by atoms with Crippen LogP contribution in [0.4, 0.5) is 13.2 Å². The second-order valence-corrected chi connectivity index (χ2v) is 5.33. The van der Waals surface area contributed by atoms with Crippen LogP contribution in [0.25, 0.3) is 11.3 Å². The first-order chi connectivity index (χ1) is 10.8. The quantitative estimate of drug-likeness (QED) is 0.873. The van der Waals surface area contributed by atoms with E-state index in [1.165, 1.54) is 31.4 Å². The van der Waals surface area contributed by atoms with Gasteiger partial charge >= 0.3 is 0 Å². The molecule has 1 aromatic carbocycles. The summed E-state index contributed by atoms with van der Waals surface area (Å²) in [6, 6.07) is 6.67. The van der Waals surface area contributed by atoms with E-state index in [1.807, 2.05) is 0 Å². The maximum absolute atomic E-state index is 13.3. The van der Waals surface area contributed by atoms with E-state index in [0.29, 0.717) is 11.3 Å². The molecule has 0 aliphatic rings. The summed E-state index contributed by atoms with van der Waals surface area (Å²) in [5, 5.41) is -0.122. The van der Waals surface area contributed by atoms with Gasteiger partial charge in [0.2, 0.25) is 0 Å². The molecule has 124 valence electrons. The maximum Gasteiger partial charge on any atom is 0.263 e. The van der Waals surface area contributed by atoms with Gasteiger partial charge in [-0.1, -0.05) is 11.6 Å². The highest BCUT2D eigenvalue weighted by Gasteiger charge is 2.38. The molecule has 0 spiro atoms. The number of hydrogen-bond acceptors (Lipinski definition) is 4. The summed E-state index contributed by atoms with van der Waals surface area (Å²) in [5.41, 5.74) is 9.53. The van der Waals surface area contributed by atoms with Gasteiger partial charge in [0.15, 0.2) is 0 Å². The SMILES string of the molecule is COc1ccc(C(N)(CN)C(F)F)nc1-c1ccc(F)c(Cl)c1. The van der Waals surface area contributed by atoms with Gasteiger partial charge in [-0.15, -0.1) is 0 Å². The molecule has 1 unspecified atom stereocenters. The number of pyridine rings is 1. The Hall–Kier alpha value is -1.83. The summed E-state index contributed by atoms with van der Waals surface area (Å²) >= 11 is 5.76. The van der Waals surface area contributed by atoms with Gasteiger partial charge in [-0.3, -0.25) is 0 Å². The molecule has 0 saturated carbocycles. The third kappa shape index (κ3) is 3.26. The van der Waals surface area contributed by atoms with E-state index >= 15 is 0 Å². The molecular formula is C15H15ClF3N3O. The molecule has 2 aromatic rings. The average molecular weight is 346 g/mol. The van der Waals surface area contributed by atoms with E-state index < -0.39 is 24.3 Å². The Morgan fingerprint density at radius 1 is 1.30 bits per heavy atom. The first-order valence-electron chi connectivity index (χ1n) is 6.61. The van der Waals surface area contributed by atoms with Crippen molar-refractivity contribution >= 4 is 11.6 Å². The Morgan fingerprint density at radius 3 is 2.52 bits per heavy atom. The second-order valence-electron chi connectivity index (χ2n) is 4.92. The highest BCUT2D eigenvalue weighted by molar-refractivity contribution is 6.31. The monoisotopic (exact) mass is 345 g/mol. The van der Waals surface area contributed by atoms with Crippen LogP contribution in [0.1, 0.15) is 5.69 Å². The predicted molar refractivity (Wildman–Crippen MR) is 82.1 cm³/mol. The Labute approximate surface area is 136 Å². The average Bonchev–Trinajstić information content (AvgIpc) is 2.55. The van der Waals surface area contributed by atoms with Crippen LogP contribution in [0.5, 0.6) is 5.75 Å². The number of rotatable bonds is 5. The van der Waals surface area contributed by atoms with E-state index in [2.05, 4.69) is 4.98 Å². The number of nitrogens with zero attached hydrogens (tertiary/aromatic N) is 1. The van der Waals surface area contributed by atoms with E-state index in [0.717, 1.165) is 6.07 Å². The molecule has 0 bridgehead atoms. The maximum atomic E-state index is 13.3. The van der Waals surface area contributed by atoms with Gasteiger partial charge in [0.25, 0.3) is 6.43 Å². The molecule has 4 nitrogen and oxygen atoms in total. The molecule has 1 heterocycles. The number of halogens is 4. The molecule has 23 heavy (non-hydrogen) atoms. The van der Waals surface area contributed by atoms with E-state index in [9.17, 15) is 13.2 Å². The van der Waals surface area contributed by atoms with E-state index in [-0.39, 0.29) is 16.4 Å². The van der Waals surface area contributed by atoms with Crippen LogP contribution in [0, 0.1) is 5.82 Å². The lowest BCUT2D eigenvalue weighted by atomic mass is 9.95. The smallest absolute Gasteiger partial charge is 0.263 e. The Morgan fingerprint density at radius 2 is 2.00 bits per heavy atom. The van der Waals surface area contributed by atoms with Crippen molar-refractivity contribution in [2.45, 2.75) is 12.0 Å². The molecule has 0 amide bonds. The molecule has 0 saturated heterocycles. The lowest BCUT2D eigenvalue weighted by Gasteiger charge is -2.27. The molecule has 0 fully saturated rings. The Balaban J connectivity index is 2.62. The number of ether oxygens (including phenoxy) is 1. The van der Waals surface area contributed by atoms with E-state index in [1.54, 1.807) is 0 Å². The first kappa shape index (κ1) is 17.5. The van der Waals surface area contributed by atoms with Gasteiger partial charge in [0.1, 0.15) is 22.8 Å². The zero-order valence-electron chi connectivity index (χ0n) is 12.2. The lowest BCUT2D eigenvalue weighted by molar-refractivity contribution is 0.0544. The minimum Gasteiger partial charge on any atom is -0.494 e. The first-order valence-corrected chi connectivity index (χ1v) is 6.99. The molecule has 2 rings (SSSR count). The Bertz CT molecular complexity index is 714. The van der Waals surface area contributed by atoms with Crippen molar-refractivity contribution in [2.75, 3.05) is 13.7 Å². The third-order valence-electron chi connectivity index (χ3n) is 3.48. The molecular weight excluding hydrogens is 331 g/mol. The minimum absolute atomic E-state index is 0.0914. The standard InChI is InChI=1S/C15H15ClF3N3O/c1-23-11-4-5-12(15(21,7-20)14(18)19)22-13(11)8-2-3-10(17)9(16)6-8/h2-6,14H,7,20-21H2,1H3. The summed E-state index contributed by atoms with van der Waals surface area (Å²) in [6.07, 6.45) is -2.90. The van der Waals surface area contributed by atoms with Gasteiger partial charge in [0.05, 0.1) is 17.8 Å². The van der Waals surface area contributed by atoms with Crippen molar-refractivity contribution in [3.63, 3.8) is 0 Å². The number of aromatic nitrogens is 1. The third-order valence-corrected chi connectivity index (χ3v) is 3.76. The Kier molecular flexibility index (Phi) is 5.13. The van der Waals surface area contributed by atoms with Gasteiger partial charge in [0, 0.05) is 12.1 Å². The fraction of sp³-hybridized carbons (Fsp3) is 0.267. The highest BCUT2D eigenvalue weighted by Crippen LogP contribution is 2.33. The molecule has 0 aliphatic heterocycles.